The van der Waals surface area contributed by atoms with E-state index in [-0.39, 0.29) is 23.4 Å². The van der Waals surface area contributed by atoms with Gasteiger partial charge in [-0.1, -0.05) is 16.8 Å². The molecule has 0 aliphatic carbocycles. The third-order valence-electron chi connectivity index (χ3n) is 5.27. The molecule has 1 amide bonds. The summed E-state index contributed by atoms with van der Waals surface area (Å²) in [6.07, 6.45) is 6.01. The molecule has 0 spiro atoms. The summed E-state index contributed by atoms with van der Waals surface area (Å²) in [4.78, 5) is 16.7. The number of rotatable bonds is 6. The molecule has 4 aromatic rings. The highest BCUT2D eigenvalue weighted by Crippen LogP contribution is 2.37. The fourth-order valence-electron chi connectivity index (χ4n) is 3.47. The average molecular weight is 458 g/mol. The molecule has 0 fully saturated rings. The lowest BCUT2D eigenvalue weighted by molar-refractivity contribution is 0.101. The lowest BCUT2D eigenvalue weighted by atomic mass is 9.75. The van der Waals surface area contributed by atoms with Crippen LogP contribution in [0.3, 0.4) is 0 Å². The Morgan fingerprint density at radius 2 is 2.03 bits per heavy atom. The van der Waals surface area contributed by atoms with Crippen LogP contribution in [0.5, 0.6) is 0 Å². The van der Waals surface area contributed by atoms with Crippen molar-refractivity contribution in [1.82, 2.24) is 19.9 Å². The molecule has 4 rings (SSSR count). The zero-order valence-electron chi connectivity index (χ0n) is 17.1. The second-order valence-electron chi connectivity index (χ2n) is 7.50. The molecule has 1 unspecified atom stereocenters. The Balaban J connectivity index is 1.75. The molecular weight excluding hydrogens is 440 g/mol. The first kappa shape index (κ1) is 21.6. The fourth-order valence-corrected chi connectivity index (χ4v) is 3.59. The van der Waals surface area contributed by atoms with E-state index in [9.17, 15) is 9.18 Å². The highest BCUT2D eigenvalue weighted by Gasteiger charge is 2.35. The first-order valence-corrected chi connectivity index (χ1v) is 9.95. The summed E-state index contributed by atoms with van der Waals surface area (Å²) < 4.78 is 36.5. The molecule has 0 saturated carbocycles. The monoisotopic (exact) mass is 457 g/mol. The molecular formula is C22H18ClF2N5O2. The molecule has 0 bridgehead atoms. The van der Waals surface area contributed by atoms with Crippen molar-refractivity contribution in [3.8, 4) is 0 Å². The van der Waals surface area contributed by atoms with Gasteiger partial charge in [-0.15, -0.1) is 0 Å². The van der Waals surface area contributed by atoms with E-state index < -0.39 is 23.0 Å². The Morgan fingerprint density at radius 1 is 1.22 bits per heavy atom. The van der Waals surface area contributed by atoms with Crippen LogP contribution < -0.4 is 5.32 Å². The summed E-state index contributed by atoms with van der Waals surface area (Å²) in [6.45, 7) is 1.82. The van der Waals surface area contributed by atoms with E-state index in [4.69, 9.17) is 11.6 Å². The van der Waals surface area contributed by atoms with Crippen LogP contribution in [0.4, 0.5) is 14.5 Å². The third-order valence-corrected chi connectivity index (χ3v) is 5.49. The van der Waals surface area contributed by atoms with Crippen LogP contribution in [0.25, 0.3) is 0 Å². The number of nitrogens with one attached hydrogen (secondary N) is 1. The summed E-state index contributed by atoms with van der Waals surface area (Å²) >= 11 is 5.98. The molecule has 0 aliphatic heterocycles. The minimum Gasteiger partial charge on any atom is -0.364 e. The number of anilines is 1. The van der Waals surface area contributed by atoms with Crippen molar-refractivity contribution in [2.24, 2.45) is 7.05 Å². The predicted molar refractivity (Wildman–Crippen MR) is 113 cm³/mol. The average Bonchev–Trinajstić information content (AvgIpc) is 3.46. The molecule has 3 aromatic heterocycles. The molecule has 3 heterocycles. The van der Waals surface area contributed by atoms with Crippen LogP contribution in [0, 0.1) is 11.6 Å². The number of halogens is 3. The van der Waals surface area contributed by atoms with E-state index in [0.29, 0.717) is 16.3 Å². The van der Waals surface area contributed by atoms with Gasteiger partial charge < -0.3 is 9.84 Å². The van der Waals surface area contributed by atoms with Gasteiger partial charge in [0.1, 0.15) is 12.1 Å². The fraction of sp³-hybridized carbons (Fsp3) is 0.182. The summed E-state index contributed by atoms with van der Waals surface area (Å²) in [5, 5.41) is 10.6. The Bertz CT molecular complexity index is 1260. The molecule has 10 heteroatoms. The van der Waals surface area contributed by atoms with E-state index in [1.807, 2.05) is 6.92 Å². The Labute approximate surface area is 187 Å². The molecule has 0 aliphatic rings. The van der Waals surface area contributed by atoms with Crippen LogP contribution in [0.15, 0.2) is 59.7 Å². The zero-order valence-corrected chi connectivity index (χ0v) is 17.9. The van der Waals surface area contributed by atoms with Crippen molar-refractivity contribution in [2.75, 3.05) is 5.32 Å². The summed E-state index contributed by atoms with van der Waals surface area (Å²) in [5.74, 6) is -2.30. The van der Waals surface area contributed by atoms with E-state index in [0.717, 1.165) is 12.1 Å². The lowest BCUT2D eigenvalue weighted by Gasteiger charge is -2.29. The number of aryl methyl sites for hydroxylation is 1. The second kappa shape index (κ2) is 8.51. The van der Waals surface area contributed by atoms with Gasteiger partial charge in [-0.2, -0.15) is 5.10 Å². The molecule has 1 N–H and O–H groups in total. The van der Waals surface area contributed by atoms with Crippen molar-refractivity contribution in [1.29, 1.82) is 0 Å². The van der Waals surface area contributed by atoms with Crippen molar-refractivity contribution < 1.29 is 18.1 Å². The Hall–Kier alpha value is -3.59. The molecule has 7 nitrogen and oxygen atoms in total. The first-order valence-electron chi connectivity index (χ1n) is 9.57. The van der Waals surface area contributed by atoms with Crippen LogP contribution in [-0.2, 0) is 18.9 Å². The molecule has 164 valence electrons. The van der Waals surface area contributed by atoms with E-state index in [1.54, 1.807) is 36.3 Å². The van der Waals surface area contributed by atoms with Gasteiger partial charge in [-0.3, -0.25) is 14.5 Å². The van der Waals surface area contributed by atoms with E-state index in [2.05, 4.69) is 25.1 Å². The van der Waals surface area contributed by atoms with Gasteiger partial charge in [0, 0.05) is 42.0 Å². The van der Waals surface area contributed by atoms with Gasteiger partial charge in [-0.05, 0) is 37.6 Å². The number of carbonyl (C=O) groups is 1. The topological polar surface area (TPSA) is 85.8 Å². The number of pyridine rings is 1. The maximum Gasteiger partial charge on any atom is 0.277 e. The maximum atomic E-state index is 15.4. The van der Waals surface area contributed by atoms with Crippen molar-refractivity contribution in [3.63, 3.8) is 0 Å². The van der Waals surface area contributed by atoms with Crippen LogP contribution in [0.1, 0.15) is 34.2 Å². The van der Waals surface area contributed by atoms with Gasteiger partial charge >= 0.3 is 0 Å². The van der Waals surface area contributed by atoms with Crippen molar-refractivity contribution in [2.45, 2.75) is 18.8 Å². The first-order chi connectivity index (χ1) is 15.3. The van der Waals surface area contributed by atoms with Gasteiger partial charge in [0.05, 0.1) is 22.6 Å². The maximum absolute atomic E-state index is 15.4. The Kier molecular flexibility index (Phi) is 5.75. The minimum atomic E-state index is -0.935. The van der Waals surface area contributed by atoms with Gasteiger partial charge in [-0.25, -0.2) is 8.78 Å². The number of hydrogen-bond donors (Lipinski definition) is 1. The molecule has 0 saturated heterocycles. The number of carbonyl (C=O) groups excluding carboxylic acids is 1. The third kappa shape index (κ3) is 4.11. The largest absolute Gasteiger partial charge is 0.364 e. The van der Waals surface area contributed by atoms with Gasteiger partial charge in [0.25, 0.3) is 5.91 Å². The van der Waals surface area contributed by atoms with Crippen LogP contribution in [0.2, 0.25) is 5.02 Å². The number of benzene rings is 1. The van der Waals surface area contributed by atoms with Crippen LogP contribution in [-0.4, -0.2) is 25.8 Å². The normalized spacial score (nSPS) is 13.0. The second-order valence-corrected chi connectivity index (χ2v) is 7.94. The highest BCUT2D eigenvalue weighted by molar-refractivity contribution is 6.30. The Morgan fingerprint density at radius 3 is 2.66 bits per heavy atom. The van der Waals surface area contributed by atoms with Crippen LogP contribution >= 0.6 is 11.6 Å². The summed E-state index contributed by atoms with van der Waals surface area (Å²) in [7, 11) is 1.75. The summed E-state index contributed by atoms with van der Waals surface area (Å²) in [5.41, 5.74) is -0.0646. The van der Waals surface area contributed by atoms with Gasteiger partial charge in [0.15, 0.2) is 11.5 Å². The minimum absolute atomic E-state index is 0.0270. The van der Waals surface area contributed by atoms with E-state index >= 15 is 4.39 Å². The smallest absolute Gasteiger partial charge is 0.277 e. The predicted octanol–water partition coefficient (Wildman–Crippen LogP) is 4.54. The number of hydrogen-bond acceptors (Lipinski definition) is 5. The SMILES string of the molecule is Cn1cc(C(C)(Cc2c(F)ccc(NC(=O)c3ccon3)c2F)c2ccc(Cl)cn2)cn1. The highest BCUT2D eigenvalue weighted by atomic mass is 35.5. The van der Waals surface area contributed by atoms with Crippen molar-refractivity contribution >= 4 is 23.2 Å². The molecule has 1 atom stereocenters. The number of amides is 1. The number of aromatic nitrogens is 4. The van der Waals surface area contributed by atoms with E-state index in [1.165, 1.54) is 18.5 Å². The lowest BCUT2D eigenvalue weighted by Crippen LogP contribution is -2.29. The van der Waals surface area contributed by atoms with Gasteiger partial charge in [0.2, 0.25) is 0 Å². The van der Waals surface area contributed by atoms with Crippen molar-refractivity contribution in [3.05, 3.63) is 94.4 Å². The molecule has 0 radical (unpaired) electrons. The quantitative estimate of drug-likeness (QED) is 0.459. The summed E-state index contributed by atoms with van der Waals surface area (Å²) in [6, 6.07) is 6.98. The standard InChI is InChI=1S/C22H18ClF2N5O2/c1-22(13-10-27-30(2)12-13,19-6-3-14(23)11-26-19)9-15-16(24)4-5-17(20(15)25)28-21(31)18-7-8-32-29-18/h3-8,10-12H,9H2,1-2H3,(H,28,31). The zero-order chi connectivity index (χ0) is 22.9. The molecule has 1 aromatic carbocycles. The number of nitrogens with zero attached hydrogens (tertiary/aromatic N) is 4. The molecule has 32 heavy (non-hydrogen) atoms.